The average molecular weight is 340 g/mol. The lowest BCUT2D eigenvalue weighted by atomic mass is 10.1. The number of hydrogen-bond donors (Lipinski definition) is 2. The van der Waals surface area contributed by atoms with Crippen LogP contribution in [0.1, 0.15) is 32.1 Å². The monoisotopic (exact) mass is 340 g/mol. The number of ether oxygens (including phenoxy) is 1. The molecule has 2 rings (SSSR count). The lowest BCUT2D eigenvalue weighted by Gasteiger charge is -2.09. The number of anilines is 1. The maximum Gasteiger partial charge on any atom is 0.306 e. The Morgan fingerprint density at radius 2 is 1.78 bits per heavy atom. The summed E-state index contributed by atoms with van der Waals surface area (Å²) in [6, 6.07) is 5.41. The molecule has 1 aliphatic carbocycles. The van der Waals surface area contributed by atoms with Crippen LogP contribution in [0.4, 0.5) is 5.69 Å². The molecule has 0 unspecified atom stereocenters. The van der Waals surface area contributed by atoms with E-state index in [1.165, 1.54) is 24.3 Å². The second kappa shape index (κ2) is 7.56. The van der Waals surface area contributed by atoms with Crippen molar-refractivity contribution in [1.82, 2.24) is 0 Å². The molecule has 1 fully saturated rings. The fourth-order valence-corrected chi connectivity index (χ4v) is 3.10. The highest BCUT2D eigenvalue weighted by atomic mass is 32.2. The van der Waals surface area contributed by atoms with Crippen molar-refractivity contribution in [2.75, 3.05) is 11.9 Å². The predicted molar refractivity (Wildman–Crippen MR) is 84.0 cm³/mol. The molecule has 0 atom stereocenters. The first kappa shape index (κ1) is 17.4. The zero-order valence-corrected chi connectivity index (χ0v) is 13.5. The van der Waals surface area contributed by atoms with E-state index in [2.05, 4.69) is 5.32 Å². The molecule has 3 N–H and O–H groups in total. The van der Waals surface area contributed by atoms with Crippen molar-refractivity contribution in [3.63, 3.8) is 0 Å². The number of benzene rings is 1. The Hall–Kier alpha value is -1.93. The van der Waals surface area contributed by atoms with Gasteiger partial charge < -0.3 is 10.1 Å². The van der Waals surface area contributed by atoms with E-state index < -0.39 is 15.9 Å². The second-order valence-electron chi connectivity index (χ2n) is 5.63. The Balaban J connectivity index is 1.77. The average Bonchev–Trinajstić information content (AvgIpc) is 2.98. The normalized spacial score (nSPS) is 15.3. The minimum absolute atomic E-state index is 0.0431. The summed E-state index contributed by atoms with van der Waals surface area (Å²) >= 11 is 0. The van der Waals surface area contributed by atoms with Crippen LogP contribution in [-0.2, 0) is 24.3 Å². The lowest BCUT2D eigenvalue weighted by molar-refractivity contribution is -0.148. The van der Waals surface area contributed by atoms with Crippen LogP contribution in [0.5, 0.6) is 0 Å². The lowest BCUT2D eigenvalue weighted by Crippen LogP contribution is -2.21. The Bertz CT molecular complexity index is 664. The predicted octanol–water partition coefficient (Wildman–Crippen LogP) is 1.40. The van der Waals surface area contributed by atoms with E-state index in [0.717, 1.165) is 25.7 Å². The van der Waals surface area contributed by atoms with Gasteiger partial charge in [-0.3, -0.25) is 9.59 Å². The van der Waals surface area contributed by atoms with Crippen molar-refractivity contribution in [2.45, 2.75) is 37.0 Å². The molecule has 0 spiro atoms. The third-order valence-electron chi connectivity index (χ3n) is 3.76. The minimum atomic E-state index is -3.76. The van der Waals surface area contributed by atoms with E-state index in [1.807, 2.05) is 0 Å². The van der Waals surface area contributed by atoms with Crippen LogP contribution in [0.25, 0.3) is 0 Å². The van der Waals surface area contributed by atoms with E-state index in [1.54, 1.807) is 0 Å². The number of nitrogens with one attached hydrogen (secondary N) is 1. The summed E-state index contributed by atoms with van der Waals surface area (Å²) in [5.74, 6) is -0.471. The number of hydrogen-bond acceptors (Lipinski definition) is 5. The summed E-state index contributed by atoms with van der Waals surface area (Å²) in [7, 11) is -3.76. The number of rotatable bonds is 6. The highest BCUT2D eigenvalue weighted by Gasteiger charge is 2.19. The van der Waals surface area contributed by atoms with Crippen LogP contribution >= 0.6 is 0 Å². The SMILES string of the molecule is NS(=O)(=O)c1ccc(NC(=O)COC(=O)CC2CCCC2)cc1. The van der Waals surface area contributed by atoms with Gasteiger partial charge in [0.1, 0.15) is 0 Å². The van der Waals surface area contributed by atoms with Gasteiger partial charge in [0.2, 0.25) is 10.0 Å². The summed E-state index contributed by atoms with van der Waals surface area (Å²) in [5.41, 5.74) is 0.397. The van der Waals surface area contributed by atoms with Crippen molar-refractivity contribution in [3.8, 4) is 0 Å². The third-order valence-corrected chi connectivity index (χ3v) is 4.69. The van der Waals surface area contributed by atoms with Gasteiger partial charge >= 0.3 is 5.97 Å². The molecule has 0 saturated heterocycles. The molecule has 7 nitrogen and oxygen atoms in total. The van der Waals surface area contributed by atoms with Crippen molar-refractivity contribution in [1.29, 1.82) is 0 Å². The molecule has 1 saturated carbocycles. The molecule has 0 aliphatic heterocycles. The van der Waals surface area contributed by atoms with Crippen LogP contribution in [0.2, 0.25) is 0 Å². The third kappa shape index (κ3) is 5.65. The molecule has 0 aromatic heterocycles. The summed E-state index contributed by atoms with van der Waals surface area (Å²) in [6.45, 7) is -0.359. The van der Waals surface area contributed by atoms with Gasteiger partial charge in [0.15, 0.2) is 6.61 Å². The molecule has 1 amide bonds. The molecule has 1 aromatic rings. The Labute approximate surface area is 135 Å². The molecule has 0 heterocycles. The number of amides is 1. The van der Waals surface area contributed by atoms with Gasteiger partial charge in [0.25, 0.3) is 5.91 Å². The van der Waals surface area contributed by atoms with E-state index in [4.69, 9.17) is 9.88 Å². The number of carbonyl (C=O) groups is 2. The highest BCUT2D eigenvalue weighted by molar-refractivity contribution is 7.89. The Morgan fingerprint density at radius 3 is 2.35 bits per heavy atom. The van der Waals surface area contributed by atoms with Crippen LogP contribution in [0.3, 0.4) is 0 Å². The summed E-state index contributed by atoms with van der Waals surface area (Å²) in [6.07, 6.45) is 4.73. The Morgan fingerprint density at radius 1 is 1.17 bits per heavy atom. The molecule has 126 valence electrons. The van der Waals surface area contributed by atoms with Gasteiger partial charge in [-0.05, 0) is 43.0 Å². The van der Waals surface area contributed by atoms with E-state index in [0.29, 0.717) is 18.0 Å². The van der Waals surface area contributed by atoms with Crippen LogP contribution in [0.15, 0.2) is 29.2 Å². The van der Waals surface area contributed by atoms with E-state index in [9.17, 15) is 18.0 Å². The fourth-order valence-electron chi connectivity index (χ4n) is 2.58. The second-order valence-corrected chi connectivity index (χ2v) is 7.19. The summed E-state index contributed by atoms with van der Waals surface area (Å²) < 4.78 is 27.2. The van der Waals surface area contributed by atoms with Crippen molar-refractivity contribution in [2.24, 2.45) is 11.1 Å². The van der Waals surface area contributed by atoms with Gasteiger partial charge in [-0.2, -0.15) is 0 Å². The number of esters is 1. The van der Waals surface area contributed by atoms with Gasteiger partial charge in [-0.25, -0.2) is 13.6 Å². The van der Waals surface area contributed by atoms with E-state index >= 15 is 0 Å². The van der Waals surface area contributed by atoms with Gasteiger partial charge in [0.05, 0.1) is 4.90 Å². The molecule has 23 heavy (non-hydrogen) atoms. The smallest absolute Gasteiger partial charge is 0.306 e. The van der Waals surface area contributed by atoms with Crippen LogP contribution in [0, 0.1) is 5.92 Å². The van der Waals surface area contributed by atoms with Crippen LogP contribution in [-0.4, -0.2) is 26.9 Å². The first-order chi connectivity index (χ1) is 10.8. The summed E-state index contributed by atoms with van der Waals surface area (Å²) in [5, 5.41) is 7.50. The quantitative estimate of drug-likeness (QED) is 0.759. The van der Waals surface area contributed by atoms with Crippen molar-refractivity contribution >= 4 is 27.6 Å². The molecular weight excluding hydrogens is 320 g/mol. The number of sulfonamides is 1. The first-order valence-electron chi connectivity index (χ1n) is 7.43. The molecule has 1 aliphatic rings. The first-order valence-corrected chi connectivity index (χ1v) is 8.97. The highest BCUT2D eigenvalue weighted by Crippen LogP contribution is 2.27. The van der Waals surface area contributed by atoms with Crippen LogP contribution < -0.4 is 10.5 Å². The molecular formula is C15H20N2O5S. The molecule has 0 radical (unpaired) electrons. The van der Waals surface area contributed by atoms with Crippen molar-refractivity contribution < 1.29 is 22.7 Å². The maximum atomic E-state index is 11.7. The topological polar surface area (TPSA) is 116 Å². The molecule has 1 aromatic carbocycles. The van der Waals surface area contributed by atoms with Gasteiger partial charge in [-0.1, -0.05) is 12.8 Å². The van der Waals surface area contributed by atoms with E-state index in [-0.39, 0.29) is 17.5 Å². The minimum Gasteiger partial charge on any atom is -0.456 e. The maximum absolute atomic E-state index is 11.7. The van der Waals surface area contributed by atoms with Gasteiger partial charge in [-0.15, -0.1) is 0 Å². The van der Waals surface area contributed by atoms with Crippen molar-refractivity contribution in [3.05, 3.63) is 24.3 Å². The zero-order valence-electron chi connectivity index (χ0n) is 12.7. The Kier molecular flexibility index (Phi) is 5.73. The zero-order chi connectivity index (χ0) is 16.9. The number of primary sulfonamides is 1. The standard InChI is InChI=1S/C15H20N2O5S/c16-23(20,21)13-7-5-12(6-8-13)17-14(18)10-22-15(19)9-11-3-1-2-4-11/h5-8,11H,1-4,9-10H2,(H,17,18)(H2,16,20,21). The van der Waals surface area contributed by atoms with Gasteiger partial charge in [0, 0.05) is 12.1 Å². The largest absolute Gasteiger partial charge is 0.456 e. The molecule has 0 bridgehead atoms. The summed E-state index contributed by atoms with van der Waals surface area (Å²) in [4.78, 5) is 23.3. The number of carbonyl (C=O) groups excluding carboxylic acids is 2. The number of nitrogens with two attached hydrogens (primary N) is 1. The fraction of sp³-hybridized carbons (Fsp3) is 0.467. The molecule has 8 heteroatoms.